The molecule has 0 unspecified atom stereocenters. The van der Waals surface area contributed by atoms with Gasteiger partial charge in [0.1, 0.15) is 5.75 Å². The van der Waals surface area contributed by atoms with E-state index in [1.54, 1.807) is 0 Å². The SMILES string of the molecule is C=C(CCc1ccc(O)c(C2CC2)c1)c1ccc[nH]1. The third kappa shape index (κ3) is 2.73. The number of phenols is 1. The van der Waals surface area contributed by atoms with Crippen molar-refractivity contribution in [3.63, 3.8) is 0 Å². The van der Waals surface area contributed by atoms with Gasteiger partial charge in [-0.15, -0.1) is 0 Å². The quantitative estimate of drug-likeness (QED) is 0.821. The van der Waals surface area contributed by atoms with Gasteiger partial charge in [-0.2, -0.15) is 0 Å². The molecule has 0 saturated heterocycles. The van der Waals surface area contributed by atoms with Gasteiger partial charge < -0.3 is 10.1 Å². The lowest BCUT2D eigenvalue weighted by molar-refractivity contribution is 0.468. The lowest BCUT2D eigenvalue weighted by Gasteiger charge is -2.08. The molecule has 2 N–H and O–H groups in total. The number of aromatic nitrogens is 1. The van der Waals surface area contributed by atoms with E-state index in [2.05, 4.69) is 23.7 Å². The number of aromatic hydroxyl groups is 1. The highest BCUT2D eigenvalue weighted by atomic mass is 16.3. The molecule has 2 heteroatoms. The van der Waals surface area contributed by atoms with Crippen LogP contribution in [0.4, 0.5) is 0 Å². The van der Waals surface area contributed by atoms with E-state index in [1.165, 1.54) is 18.4 Å². The Morgan fingerprint density at radius 1 is 1.32 bits per heavy atom. The number of hydrogen-bond donors (Lipinski definition) is 2. The lowest BCUT2D eigenvalue weighted by atomic mass is 10.00. The normalized spacial score (nSPS) is 14.5. The second-order valence-corrected chi connectivity index (χ2v) is 5.35. The molecule has 1 aromatic heterocycles. The summed E-state index contributed by atoms with van der Waals surface area (Å²) in [5.41, 5.74) is 4.66. The predicted octanol–water partition coefficient (Wildman–Crippen LogP) is 4.24. The second kappa shape index (κ2) is 4.96. The van der Waals surface area contributed by atoms with E-state index in [9.17, 15) is 5.11 Å². The van der Waals surface area contributed by atoms with E-state index >= 15 is 0 Å². The number of hydrogen-bond acceptors (Lipinski definition) is 1. The summed E-state index contributed by atoms with van der Waals surface area (Å²) in [5, 5.41) is 9.85. The fraction of sp³-hybridized carbons (Fsp3) is 0.294. The molecule has 1 heterocycles. The molecule has 3 rings (SSSR count). The van der Waals surface area contributed by atoms with Crippen LogP contribution in [0.5, 0.6) is 5.75 Å². The van der Waals surface area contributed by atoms with Gasteiger partial charge in [0.05, 0.1) is 0 Å². The number of H-pyrrole nitrogens is 1. The molecular weight excluding hydrogens is 234 g/mol. The van der Waals surface area contributed by atoms with Crippen molar-refractivity contribution in [2.45, 2.75) is 31.6 Å². The van der Waals surface area contributed by atoms with Crippen LogP contribution in [0.2, 0.25) is 0 Å². The standard InChI is InChI=1S/C17H19NO/c1-12(16-3-2-10-18-16)4-5-13-6-9-17(19)15(11-13)14-7-8-14/h2-3,6,9-11,14,18-19H,1,4-5,7-8H2. The van der Waals surface area contributed by atoms with E-state index in [0.29, 0.717) is 11.7 Å². The minimum Gasteiger partial charge on any atom is -0.508 e. The van der Waals surface area contributed by atoms with Crippen LogP contribution in [0.1, 0.15) is 42.0 Å². The number of allylic oxidation sites excluding steroid dienone is 1. The van der Waals surface area contributed by atoms with Crippen LogP contribution in [-0.4, -0.2) is 10.1 Å². The Morgan fingerprint density at radius 3 is 2.84 bits per heavy atom. The highest BCUT2D eigenvalue weighted by Crippen LogP contribution is 2.44. The molecule has 1 aliphatic carbocycles. The van der Waals surface area contributed by atoms with Gasteiger partial charge >= 0.3 is 0 Å². The Kier molecular flexibility index (Phi) is 3.16. The molecule has 0 radical (unpaired) electrons. The van der Waals surface area contributed by atoms with Gasteiger partial charge in [-0.3, -0.25) is 0 Å². The topological polar surface area (TPSA) is 36.0 Å². The van der Waals surface area contributed by atoms with E-state index in [1.807, 2.05) is 24.4 Å². The highest BCUT2D eigenvalue weighted by Gasteiger charge is 2.26. The van der Waals surface area contributed by atoms with Gasteiger partial charge in [-0.25, -0.2) is 0 Å². The molecule has 0 amide bonds. The molecule has 1 fully saturated rings. The van der Waals surface area contributed by atoms with Crippen LogP contribution in [0.15, 0.2) is 43.1 Å². The Labute approximate surface area is 113 Å². The lowest BCUT2D eigenvalue weighted by Crippen LogP contribution is -1.91. The van der Waals surface area contributed by atoms with E-state index in [4.69, 9.17) is 0 Å². The number of phenolic OH excluding ortho intramolecular Hbond substituents is 1. The van der Waals surface area contributed by atoms with Crippen molar-refractivity contribution in [1.29, 1.82) is 0 Å². The maximum Gasteiger partial charge on any atom is 0.119 e. The Bertz CT molecular complexity index is 579. The van der Waals surface area contributed by atoms with Crippen molar-refractivity contribution >= 4 is 5.57 Å². The Hall–Kier alpha value is -1.96. The van der Waals surface area contributed by atoms with Crippen LogP contribution in [0.3, 0.4) is 0 Å². The largest absolute Gasteiger partial charge is 0.508 e. The number of aromatic amines is 1. The second-order valence-electron chi connectivity index (χ2n) is 5.35. The monoisotopic (exact) mass is 253 g/mol. The molecule has 0 spiro atoms. The maximum atomic E-state index is 9.85. The van der Waals surface area contributed by atoms with Crippen molar-refractivity contribution in [3.8, 4) is 5.75 Å². The van der Waals surface area contributed by atoms with Gasteiger partial charge in [-0.05, 0) is 66.5 Å². The van der Waals surface area contributed by atoms with Crippen molar-refractivity contribution < 1.29 is 5.11 Å². The maximum absolute atomic E-state index is 9.85. The zero-order valence-electron chi connectivity index (χ0n) is 11.0. The summed E-state index contributed by atoms with van der Waals surface area (Å²) < 4.78 is 0. The molecule has 2 aromatic rings. The van der Waals surface area contributed by atoms with E-state index < -0.39 is 0 Å². The van der Waals surface area contributed by atoms with E-state index in [-0.39, 0.29) is 0 Å². The zero-order valence-corrected chi connectivity index (χ0v) is 11.0. The highest BCUT2D eigenvalue weighted by molar-refractivity contribution is 5.60. The summed E-state index contributed by atoms with van der Waals surface area (Å²) in [5.74, 6) is 1.04. The van der Waals surface area contributed by atoms with Gasteiger partial charge in [0.2, 0.25) is 0 Å². The fourth-order valence-corrected chi connectivity index (χ4v) is 2.46. The van der Waals surface area contributed by atoms with Crippen LogP contribution in [0.25, 0.3) is 5.57 Å². The zero-order chi connectivity index (χ0) is 13.2. The average molecular weight is 253 g/mol. The molecule has 1 saturated carbocycles. The molecule has 1 aliphatic rings. The summed E-state index contributed by atoms with van der Waals surface area (Å²) >= 11 is 0. The van der Waals surface area contributed by atoms with Crippen molar-refractivity contribution in [3.05, 3.63) is 59.9 Å². The molecule has 98 valence electrons. The van der Waals surface area contributed by atoms with Gasteiger partial charge in [0, 0.05) is 11.9 Å². The smallest absolute Gasteiger partial charge is 0.119 e. The third-order valence-electron chi connectivity index (χ3n) is 3.80. The van der Waals surface area contributed by atoms with E-state index in [0.717, 1.165) is 29.7 Å². The first-order valence-electron chi connectivity index (χ1n) is 6.87. The molecule has 1 aromatic carbocycles. The Morgan fingerprint density at radius 2 is 2.16 bits per heavy atom. The first kappa shape index (κ1) is 12.1. The Balaban J connectivity index is 1.67. The molecule has 0 aliphatic heterocycles. The molecule has 0 bridgehead atoms. The molecule has 0 atom stereocenters. The van der Waals surface area contributed by atoms with Gasteiger partial charge in [0.15, 0.2) is 0 Å². The van der Waals surface area contributed by atoms with Crippen molar-refractivity contribution in [2.24, 2.45) is 0 Å². The summed E-state index contributed by atoms with van der Waals surface area (Å²) in [7, 11) is 0. The number of nitrogens with one attached hydrogen (secondary N) is 1. The minimum atomic E-state index is 0.453. The first-order chi connectivity index (χ1) is 9.24. The van der Waals surface area contributed by atoms with Gasteiger partial charge in [0.25, 0.3) is 0 Å². The summed E-state index contributed by atoms with van der Waals surface area (Å²) in [6.07, 6.45) is 6.26. The number of rotatable bonds is 5. The third-order valence-corrected chi connectivity index (χ3v) is 3.80. The minimum absolute atomic E-state index is 0.453. The van der Waals surface area contributed by atoms with Crippen molar-refractivity contribution in [2.75, 3.05) is 0 Å². The summed E-state index contributed by atoms with van der Waals surface area (Å²) in [6.45, 7) is 4.12. The van der Waals surface area contributed by atoms with Crippen molar-refractivity contribution in [1.82, 2.24) is 4.98 Å². The average Bonchev–Trinajstić information content (AvgIpc) is 3.11. The molecule has 19 heavy (non-hydrogen) atoms. The summed E-state index contributed by atoms with van der Waals surface area (Å²) in [4.78, 5) is 3.18. The van der Waals surface area contributed by atoms with Gasteiger partial charge in [-0.1, -0.05) is 18.7 Å². The number of benzene rings is 1. The fourth-order valence-electron chi connectivity index (χ4n) is 2.46. The molecule has 2 nitrogen and oxygen atoms in total. The summed E-state index contributed by atoms with van der Waals surface area (Å²) in [6, 6.07) is 10.1. The predicted molar refractivity (Wildman–Crippen MR) is 78.2 cm³/mol. The number of aryl methyl sites for hydroxylation is 1. The first-order valence-corrected chi connectivity index (χ1v) is 6.87. The van der Waals surface area contributed by atoms with Crippen LogP contribution >= 0.6 is 0 Å². The molecular formula is C17H19NO. The van der Waals surface area contributed by atoms with Crippen LogP contribution < -0.4 is 0 Å². The van der Waals surface area contributed by atoms with Crippen LogP contribution in [-0.2, 0) is 6.42 Å². The van der Waals surface area contributed by atoms with Crippen LogP contribution in [0, 0.1) is 0 Å².